The zero-order chi connectivity index (χ0) is 23.4. The number of pyridine rings is 1. The molecule has 13 heteroatoms. The first-order chi connectivity index (χ1) is 14.4. The summed E-state index contributed by atoms with van der Waals surface area (Å²) in [5.74, 6) is -1.29. The van der Waals surface area contributed by atoms with Crippen LogP contribution in [0.15, 0.2) is 12.1 Å². The second kappa shape index (κ2) is 9.68. The molecule has 1 aromatic heterocycles. The number of aromatic nitrogens is 1. The van der Waals surface area contributed by atoms with Gasteiger partial charge in [0.1, 0.15) is 0 Å². The van der Waals surface area contributed by atoms with Crippen molar-refractivity contribution in [2.75, 3.05) is 0 Å². The lowest BCUT2D eigenvalue weighted by atomic mass is 10.0. The predicted molar refractivity (Wildman–Crippen MR) is 132 cm³/mol. The van der Waals surface area contributed by atoms with Gasteiger partial charge in [0.15, 0.2) is 0 Å². The lowest BCUT2D eigenvalue weighted by Crippen LogP contribution is -2.01. The van der Waals surface area contributed by atoms with Crippen molar-refractivity contribution in [3.8, 4) is 22.5 Å². The molecule has 3 nitrogen and oxygen atoms in total. The number of carbonyl (C=O) groups is 1. The molecule has 0 saturated carbocycles. The van der Waals surface area contributed by atoms with Crippen molar-refractivity contribution in [2.45, 2.75) is 0 Å². The van der Waals surface area contributed by atoms with Crippen molar-refractivity contribution < 1.29 is 9.90 Å². The molecule has 0 atom stereocenters. The molecule has 0 aliphatic carbocycles. The summed E-state index contributed by atoms with van der Waals surface area (Å²) >= 11 is 61.9. The Balaban J connectivity index is 2.45. The van der Waals surface area contributed by atoms with Gasteiger partial charge in [-0.2, -0.15) is 0 Å². The molecule has 3 aromatic rings. The topological polar surface area (TPSA) is 50.2 Å². The van der Waals surface area contributed by atoms with Crippen LogP contribution in [0, 0.1) is 0 Å². The van der Waals surface area contributed by atoms with E-state index < -0.39 is 5.97 Å². The van der Waals surface area contributed by atoms with Gasteiger partial charge in [0, 0.05) is 11.1 Å². The van der Waals surface area contributed by atoms with Crippen LogP contribution in [0.2, 0.25) is 50.2 Å². The van der Waals surface area contributed by atoms with E-state index in [1.807, 2.05) is 0 Å². The third kappa shape index (κ3) is 4.52. The minimum atomic E-state index is -1.29. The first-order valence-corrected chi connectivity index (χ1v) is 11.4. The highest BCUT2D eigenvalue weighted by Crippen LogP contribution is 2.50. The van der Waals surface area contributed by atoms with Crippen LogP contribution in [-0.4, -0.2) is 16.1 Å². The molecule has 0 saturated heterocycles. The first-order valence-electron chi connectivity index (χ1n) is 7.67. The Hall–Kier alpha value is -0.0400. The normalized spacial score (nSPS) is 11.2. The van der Waals surface area contributed by atoms with Gasteiger partial charge in [0.25, 0.3) is 0 Å². The molecule has 0 spiro atoms. The number of carboxylic acid groups (broad SMARTS) is 1. The summed E-state index contributed by atoms with van der Waals surface area (Å²) in [5, 5.41) is 8.73. The summed E-state index contributed by atoms with van der Waals surface area (Å²) in [7, 11) is 0. The Morgan fingerprint density at radius 1 is 0.548 bits per heavy atom. The average molecular weight is 620 g/mol. The van der Waals surface area contributed by atoms with E-state index in [-0.39, 0.29) is 78.3 Å². The molecule has 0 bridgehead atoms. The molecule has 0 unspecified atom stereocenters. The summed E-state index contributed by atoms with van der Waals surface area (Å²) in [4.78, 5) is 16.2. The van der Waals surface area contributed by atoms with Crippen LogP contribution in [0.3, 0.4) is 0 Å². The van der Waals surface area contributed by atoms with Gasteiger partial charge >= 0.3 is 5.97 Å². The van der Waals surface area contributed by atoms with Crippen LogP contribution < -0.4 is 0 Å². The van der Waals surface area contributed by atoms with Gasteiger partial charge in [-0.1, -0.05) is 116 Å². The minimum absolute atomic E-state index is 0.000283. The molecule has 0 aliphatic heterocycles. The Morgan fingerprint density at radius 2 is 0.806 bits per heavy atom. The van der Waals surface area contributed by atoms with Crippen molar-refractivity contribution in [2.24, 2.45) is 0 Å². The smallest absolute Gasteiger partial charge is 0.335 e. The Kier molecular flexibility index (Phi) is 7.98. The quantitative estimate of drug-likeness (QED) is 0.234. The van der Waals surface area contributed by atoms with Crippen LogP contribution in [0.1, 0.15) is 10.4 Å². The largest absolute Gasteiger partial charge is 0.478 e. The Morgan fingerprint density at radius 3 is 1.06 bits per heavy atom. The molecule has 1 N–H and O–H groups in total. The molecule has 162 valence electrons. The third-order valence-electron chi connectivity index (χ3n) is 4.00. The molecule has 0 aliphatic rings. The molecule has 1 heterocycles. The van der Waals surface area contributed by atoms with Crippen LogP contribution in [0.25, 0.3) is 22.5 Å². The molecule has 2 aromatic carbocycles. The molecule has 0 amide bonds. The van der Waals surface area contributed by atoms with Crippen LogP contribution in [-0.2, 0) is 0 Å². The monoisotopic (exact) mass is 615 g/mol. The van der Waals surface area contributed by atoms with Gasteiger partial charge in [0.2, 0.25) is 0 Å². The number of hydrogen-bond donors (Lipinski definition) is 1. The summed E-state index contributed by atoms with van der Waals surface area (Å²) in [6, 6.07) is 2.42. The van der Waals surface area contributed by atoms with E-state index in [2.05, 4.69) is 4.98 Å². The van der Waals surface area contributed by atoms with Gasteiger partial charge in [-0.15, -0.1) is 0 Å². The summed E-state index contributed by atoms with van der Waals surface area (Å²) < 4.78 is 0. The van der Waals surface area contributed by atoms with Crippen molar-refractivity contribution in [1.82, 2.24) is 4.98 Å². The molecule has 3 rings (SSSR count). The number of aromatic carboxylic acids is 1. The van der Waals surface area contributed by atoms with E-state index in [4.69, 9.17) is 116 Å². The maximum absolute atomic E-state index is 11.8. The second-order valence-corrected chi connectivity index (χ2v) is 9.60. The second-order valence-electron chi connectivity index (χ2n) is 5.82. The Bertz CT molecular complexity index is 1130. The number of benzene rings is 2. The number of nitrogens with zero attached hydrogens (tertiary/aromatic N) is 1. The number of halogens is 10. The number of hydrogen-bond acceptors (Lipinski definition) is 2. The number of carboxylic acids is 1. The maximum Gasteiger partial charge on any atom is 0.335 e. The van der Waals surface area contributed by atoms with Gasteiger partial charge in [-0.05, 0) is 12.1 Å². The SMILES string of the molecule is O=C(O)c1cc(-c2c(Cl)c(Cl)c(Cl)c(Cl)c2Cl)nc(-c2c(Cl)c(Cl)c(Cl)c(Cl)c2Cl)c1. The van der Waals surface area contributed by atoms with E-state index in [0.29, 0.717) is 0 Å². The van der Waals surface area contributed by atoms with Gasteiger partial charge in [-0.25, -0.2) is 9.78 Å². The average Bonchev–Trinajstić information content (AvgIpc) is 2.73. The lowest BCUT2D eigenvalue weighted by molar-refractivity contribution is 0.0697. The highest BCUT2D eigenvalue weighted by molar-refractivity contribution is 6.57. The van der Waals surface area contributed by atoms with Gasteiger partial charge < -0.3 is 5.11 Å². The van der Waals surface area contributed by atoms with Crippen molar-refractivity contribution in [1.29, 1.82) is 0 Å². The predicted octanol–water partition coefficient (Wildman–Crippen LogP) is 10.6. The van der Waals surface area contributed by atoms with Gasteiger partial charge in [0.05, 0.1) is 67.2 Å². The van der Waals surface area contributed by atoms with E-state index in [9.17, 15) is 9.90 Å². The molecule has 0 radical (unpaired) electrons. The summed E-state index contributed by atoms with van der Waals surface area (Å²) in [6.45, 7) is 0. The van der Waals surface area contributed by atoms with E-state index in [1.54, 1.807) is 0 Å². The van der Waals surface area contributed by atoms with Crippen LogP contribution in [0.5, 0.6) is 0 Å². The van der Waals surface area contributed by atoms with E-state index in [1.165, 1.54) is 12.1 Å². The fourth-order valence-electron chi connectivity index (χ4n) is 2.57. The molecule has 31 heavy (non-hydrogen) atoms. The van der Waals surface area contributed by atoms with Crippen molar-refractivity contribution in [3.05, 3.63) is 67.9 Å². The van der Waals surface area contributed by atoms with E-state index >= 15 is 0 Å². The summed E-state index contributed by atoms with van der Waals surface area (Å²) in [5.41, 5.74) is -0.112. The Labute approximate surface area is 225 Å². The van der Waals surface area contributed by atoms with Crippen molar-refractivity contribution in [3.63, 3.8) is 0 Å². The van der Waals surface area contributed by atoms with Gasteiger partial charge in [-0.3, -0.25) is 0 Å². The maximum atomic E-state index is 11.8. The van der Waals surface area contributed by atoms with E-state index in [0.717, 1.165) is 0 Å². The summed E-state index contributed by atoms with van der Waals surface area (Å²) in [6.07, 6.45) is 0. The zero-order valence-electron chi connectivity index (χ0n) is 14.2. The number of rotatable bonds is 3. The third-order valence-corrected chi connectivity index (χ3v) is 8.56. The fraction of sp³-hybridized carbons (Fsp3) is 0. The molecule has 0 fully saturated rings. The minimum Gasteiger partial charge on any atom is -0.478 e. The zero-order valence-corrected chi connectivity index (χ0v) is 21.8. The molecular weight excluding hydrogens is 617 g/mol. The fourth-order valence-corrected chi connectivity index (χ4v) is 5.23. The highest BCUT2D eigenvalue weighted by Gasteiger charge is 2.26. The van der Waals surface area contributed by atoms with Crippen LogP contribution in [0.4, 0.5) is 0 Å². The first kappa shape index (κ1) is 25.6. The van der Waals surface area contributed by atoms with Crippen LogP contribution >= 0.6 is 116 Å². The highest BCUT2D eigenvalue weighted by atomic mass is 35.5. The lowest BCUT2D eigenvalue weighted by Gasteiger charge is -2.16. The molecular formula is C18H3Cl10NO2. The standard InChI is InChI=1S/C18H3Cl10NO2/c19-8-6(9(20)13(24)16(27)12(8)23)4-1-3(18(30)31)2-5(29-4)7-10(21)14(25)17(28)15(26)11(7)22/h1-2H,(H,30,31). The van der Waals surface area contributed by atoms with Crippen molar-refractivity contribution >= 4 is 122 Å².